The van der Waals surface area contributed by atoms with Crippen molar-refractivity contribution in [3.05, 3.63) is 16.6 Å². The molecule has 88 valence electrons. The Kier molecular flexibility index (Phi) is 3.32. The molecule has 1 N–H and O–H groups in total. The summed E-state index contributed by atoms with van der Waals surface area (Å²) in [6.45, 7) is 4.70. The van der Waals surface area contributed by atoms with Crippen molar-refractivity contribution < 1.29 is 14.7 Å². The summed E-state index contributed by atoms with van der Waals surface area (Å²) in [4.78, 5) is 24.2. The predicted octanol–water partition coefficient (Wildman–Crippen LogP) is 1.39. The fourth-order valence-corrected chi connectivity index (χ4v) is 1.76. The highest BCUT2D eigenvalue weighted by molar-refractivity contribution is 7.03. The van der Waals surface area contributed by atoms with E-state index >= 15 is 0 Å². The zero-order valence-electron chi connectivity index (χ0n) is 9.64. The number of hydrogen-bond acceptors (Lipinski definition) is 4. The molecular formula is C10H14N2O3S. The molecule has 0 aliphatic carbocycles. The second kappa shape index (κ2) is 4.21. The van der Waals surface area contributed by atoms with Crippen molar-refractivity contribution in [2.75, 3.05) is 7.05 Å². The Morgan fingerprint density at radius 1 is 1.50 bits per heavy atom. The number of amides is 1. The van der Waals surface area contributed by atoms with E-state index in [9.17, 15) is 9.59 Å². The number of aromatic nitrogens is 1. The quantitative estimate of drug-likeness (QED) is 0.869. The third kappa shape index (κ3) is 2.06. The lowest BCUT2D eigenvalue weighted by Gasteiger charge is -2.31. The molecule has 0 unspecified atom stereocenters. The molecule has 0 fully saturated rings. The number of carbonyl (C=O) groups is 2. The molecule has 0 atom stereocenters. The minimum absolute atomic E-state index is 0.321. The van der Waals surface area contributed by atoms with Crippen molar-refractivity contribution in [1.82, 2.24) is 9.27 Å². The zero-order chi connectivity index (χ0) is 12.5. The average Bonchev–Trinajstić information content (AvgIpc) is 2.61. The molecule has 0 aromatic carbocycles. The Hall–Kier alpha value is -1.43. The lowest BCUT2D eigenvalue weighted by atomic mass is 10.0. The van der Waals surface area contributed by atoms with E-state index in [1.807, 2.05) is 0 Å². The van der Waals surface area contributed by atoms with Crippen LogP contribution in [0.15, 0.2) is 5.38 Å². The van der Waals surface area contributed by atoms with Gasteiger partial charge in [0.25, 0.3) is 5.91 Å². The Morgan fingerprint density at radius 2 is 2.06 bits per heavy atom. The van der Waals surface area contributed by atoms with Gasteiger partial charge >= 0.3 is 5.97 Å². The monoisotopic (exact) mass is 242 g/mol. The molecule has 0 spiro atoms. The number of likely N-dealkylation sites (N-methyl/N-ethyl adjacent to an activating group) is 1. The van der Waals surface area contributed by atoms with Gasteiger partial charge in [0.05, 0.1) is 11.3 Å². The van der Waals surface area contributed by atoms with E-state index in [0.717, 1.165) is 0 Å². The smallest absolute Gasteiger partial charge is 0.329 e. The molecule has 6 heteroatoms. The van der Waals surface area contributed by atoms with Gasteiger partial charge in [-0.1, -0.05) is 0 Å². The first kappa shape index (κ1) is 12.6. The fraction of sp³-hybridized carbons (Fsp3) is 0.500. The SMILES string of the molecule is Cc1nscc1C(=O)N(C)C(C)(C)C(=O)O. The van der Waals surface area contributed by atoms with Crippen LogP contribution in [0.3, 0.4) is 0 Å². The van der Waals surface area contributed by atoms with Crippen molar-refractivity contribution in [3.63, 3.8) is 0 Å². The number of carboxylic acid groups (broad SMARTS) is 1. The first-order valence-electron chi connectivity index (χ1n) is 4.71. The van der Waals surface area contributed by atoms with E-state index in [0.29, 0.717) is 11.3 Å². The summed E-state index contributed by atoms with van der Waals surface area (Å²) in [5.74, 6) is -1.36. The summed E-state index contributed by atoms with van der Waals surface area (Å²) in [5, 5.41) is 10.7. The molecule has 0 radical (unpaired) electrons. The maximum Gasteiger partial charge on any atom is 0.329 e. The molecule has 1 heterocycles. The van der Waals surface area contributed by atoms with Gasteiger partial charge in [-0.25, -0.2) is 4.79 Å². The maximum absolute atomic E-state index is 12.0. The van der Waals surface area contributed by atoms with E-state index in [4.69, 9.17) is 5.11 Å². The molecule has 1 aromatic rings. The Bertz CT molecular complexity index is 425. The fourth-order valence-electron chi connectivity index (χ4n) is 1.08. The van der Waals surface area contributed by atoms with Gasteiger partial charge in [0.1, 0.15) is 5.54 Å². The molecule has 1 rings (SSSR count). The number of hydrogen-bond donors (Lipinski definition) is 1. The van der Waals surface area contributed by atoms with Gasteiger partial charge in [0, 0.05) is 12.4 Å². The summed E-state index contributed by atoms with van der Waals surface area (Å²) in [5.41, 5.74) is -0.143. The molecule has 1 amide bonds. The van der Waals surface area contributed by atoms with E-state index in [1.165, 1.54) is 37.3 Å². The van der Waals surface area contributed by atoms with Crippen molar-refractivity contribution in [3.8, 4) is 0 Å². The number of rotatable bonds is 3. The minimum Gasteiger partial charge on any atom is -0.480 e. The first-order valence-corrected chi connectivity index (χ1v) is 5.54. The van der Waals surface area contributed by atoms with Crippen LogP contribution < -0.4 is 0 Å². The number of aryl methyl sites for hydroxylation is 1. The molecule has 5 nitrogen and oxygen atoms in total. The minimum atomic E-state index is -1.23. The predicted molar refractivity (Wildman–Crippen MR) is 60.7 cm³/mol. The molecule has 0 bridgehead atoms. The number of nitrogens with zero attached hydrogens (tertiary/aromatic N) is 2. The van der Waals surface area contributed by atoms with Crippen LogP contribution in [0.2, 0.25) is 0 Å². The van der Waals surface area contributed by atoms with Gasteiger partial charge in [-0.15, -0.1) is 0 Å². The lowest BCUT2D eigenvalue weighted by Crippen LogP contribution is -2.50. The van der Waals surface area contributed by atoms with Gasteiger partial charge in [0.15, 0.2) is 0 Å². The normalized spacial score (nSPS) is 11.2. The lowest BCUT2D eigenvalue weighted by molar-refractivity contribution is -0.147. The second-order valence-electron chi connectivity index (χ2n) is 4.04. The maximum atomic E-state index is 12.0. The van der Waals surface area contributed by atoms with Gasteiger partial charge in [-0.3, -0.25) is 4.79 Å². The Balaban J connectivity index is 3.00. The van der Waals surface area contributed by atoms with Crippen molar-refractivity contribution >= 4 is 23.4 Å². The van der Waals surface area contributed by atoms with Crippen LogP contribution in [-0.4, -0.2) is 38.8 Å². The number of carbonyl (C=O) groups excluding carboxylic acids is 1. The summed E-state index contributed by atoms with van der Waals surface area (Å²) in [6, 6.07) is 0. The van der Waals surface area contributed by atoms with Gasteiger partial charge in [-0.2, -0.15) is 4.37 Å². The van der Waals surface area contributed by atoms with Crippen LogP contribution in [0.1, 0.15) is 29.9 Å². The van der Waals surface area contributed by atoms with Crippen molar-refractivity contribution in [2.45, 2.75) is 26.3 Å². The summed E-state index contributed by atoms with van der Waals surface area (Å²) >= 11 is 1.19. The van der Waals surface area contributed by atoms with E-state index < -0.39 is 11.5 Å². The Morgan fingerprint density at radius 3 is 2.44 bits per heavy atom. The van der Waals surface area contributed by atoms with Crippen LogP contribution in [0.4, 0.5) is 0 Å². The highest BCUT2D eigenvalue weighted by Crippen LogP contribution is 2.18. The standard InChI is InChI=1S/C10H14N2O3S/c1-6-7(5-16-11-6)8(13)12(4)10(2,3)9(14)15/h5H,1-4H3,(H,14,15). The molecule has 0 aliphatic heterocycles. The highest BCUT2D eigenvalue weighted by atomic mass is 32.1. The van der Waals surface area contributed by atoms with Crippen LogP contribution in [0.25, 0.3) is 0 Å². The Labute approximate surface area is 97.9 Å². The largest absolute Gasteiger partial charge is 0.480 e. The van der Waals surface area contributed by atoms with Crippen LogP contribution in [-0.2, 0) is 4.79 Å². The van der Waals surface area contributed by atoms with Gasteiger partial charge in [-0.05, 0) is 32.3 Å². The van der Waals surface area contributed by atoms with E-state index in [-0.39, 0.29) is 5.91 Å². The number of aliphatic carboxylic acids is 1. The number of carboxylic acids is 1. The second-order valence-corrected chi connectivity index (χ2v) is 4.67. The topological polar surface area (TPSA) is 70.5 Å². The first-order chi connectivity index (χ1) is 7.28. The van der Waals surface area contributed by atoms with E-state index in [2.05, 4.69) is 4.37 Å². The highest BCUT2D eigenvalue weighted by Gasteiger charge is 2.36. The van der Waals surface area contributed by atoms with Gasteiger partial charge in [0.2, 0.25) is 0 Å². The average molecular weight is 242 g/mol. The van der Waals surface area contributed by atoms with Gasteiger partial charge < -0.3 is 10.0 Å². The summed E-state index contributed by atoms with van der Waals surface area (Å²) in [7, 11) is 1.48. The van der Waals surface area contributed by atoms with Crippen LogP contribution in [0.5, 0.6) is 0 Å². The van der Waals surface area contributed by atoms with Crippen LogP contribution >= 0.6 is 11.5 Å². The molecule has 1 aromatic heterocycles. The molecule has 0 aliphatic rings. The molecule has 0 saturated heterocycles. The summed E-state index contributed by atoms with van der Waals surface area (Å²) in [6.07, 6.45) is 0. The zero-order valence-corrected chi connectivity index (χ0v) is 10.5. The molecule has 0 saturated carbocycles. The third-order valence-electron chi connectivity index (χ3n) is 2.65. The molecule has 16 heavy (non-hydrogen) atoms. The van der Waals surface area contributed by atoms with Crippen molar-refractivity contribution in [2.24, 2.45) is 0 Å². The summed E-state index contributed by atoms with van der Waals surface area (Å²) < 4.78 is 3.99. The van der Waals surface area contributed by atoms with Crippen LogP contribution in [0, 0.1) is 6.92 Å². The van der Waals surface area contributed by atoms with Crippen molar-refractivity contribution in [1.29, 1.82) is 0 Å². The third-order valence-corrected chi connectivity index (χ3v) is 3.37. The van der Waals surface area contributed by atoms with E-state index in [1.54, 1.807) is 12.3 Å². The molecular weight excluding hydrogens is 228 g/mol.